The molecule has 2 aliphatic heterocycles. The van der Waals surface area contributed by atoms with E-state index < -0.39 is 10.0 Å². The molecule has 0 aliphatic carbocycles. The second-order valence-electron chi connectivity index (χ2n) is 6.73. The van der Waals surface area contributed by atoms with Crippen molar-refractivity contribution < 1.29 is 13.2 Å². The Kier molecular flexibility index (Phi) is 6.61. The first-order valence-electron chi connectivity index (χ1n) is 9.26. The molecular weight excluding hydrogens is 378 g/mol. The summed E-state index contributed by atoms with van der Waals surface area (Å²) in [4.78, 5) is 17.7. The van der Waals surface area contributed by atoms with E-state index in [9.17, 15) is 13.2 Å². The van der Waals surface area contributed by atoms with Gasteiger partial charge in [0.1, 0.15) is 0 Å². The molecule has 0 spiro atoms. The highest BCUT2D eigenvalue weighted by molar-refractivity contribution is 7.92. The van der Waals surface area contributed by atoms with Gasteiger partial charge in [0.15, 0.2) is 0 Å². The number of nitrogens with zero attached hydrogens (tertiary/aromatic N) is 2. The van der Waals surface area contributed by atoms with Crippen molar-refractivity contribution in [2.75, 3.05) is 36.2 Å². The molecule has 0 bridgehead atoms. The molecule has 2 aliphatic rings. The number of aromatic nitrogens is 1. The Morgan fingerprint density at radius 3 is 2.68 bits per heavy atom. The first-order valence-corrected chi connectivity index (χ1v) is 10.7. The van der Waals surface area contributed by atoms with E-state index in [1.54, 1.807) is 24.4 Å². The number of pyridine rings is 1. The van der Waals surface area contributed by atoms with E-state index in [0.29, 0.717) is 16.9 Å². The lowest BCUT2D eigenvalue weighted by Gasteiger charge is -2.11. The highest BCUT2D eigenvalue weighted by Crippen LogP contribution is 2.26. The van der Waals surface area contributed by atoms with Crippen molar-refractivity contribution >= 4 is 27.3 Å². The quantitative estimate of drug-likeness (QED) is 0.695. The van der Waals surface area contributed by atoms with E-state index in [-0.39, 0.29) is 17.2 Å². The van der Waals surface area contributed by atoms with Gasteiger partial charge in [0.2, 0.25) is 5.91 Å². The Bertz CT molecular complexity index is 912. The normalized spacial score (nSPS) is 16.1. The first kappa shape index (κ1) is 20.2. The second-order valence-corrected chi connectivity index (χ2v) is 8.41. The van der Waals surface area contributed by atoms with Gasteiger partial charge in [-0.25, -0.2) is 8.42 Å². The molecule has 3 heterocycles. The van der Waals surface area contributed by atoms with Crippen LogP contribution < -0.4 is 15.8 Å². The molecule has 0 atom stereocenters. The van der Waals surface area contributed by atoms with Gasteiger partial charge in [0.25, 0.3) is 10.0 Å². The number of anilines is 2. The Hall–Kier alpha value is -2.49. The third-order valence-electron chi connectivity index (χ3n) is 4.57. The van der Waals surface area contributed by atoms with Gasteiger partial charge >= 0.3 is 0 Å². The number of nitrogens with one attached hydrogen (secondary N) is 2. The lowest BCUT2D eigenvalue weighted by atomic mass is 10.2. The van der Waals surface area contributed by atoms with Crippen molar-refractivity contribution in [3.63, 3.8) is 0 Å². The standard InChI is InChI=1S/C13H11N3O3S.C6H14N2/c17-13-7-9-6-11(3-4-12(9)15-13)20(18,19)16-10-2-1-5-14-8-10;7-3-6-8-4-1-2-5-8/h1-6,8,16H,7H2,(H,15,17);1-7H2. The molecule has 9 heteroatoms. The smallest absolute Gasteiger partial charge is 0.261 e. The molecule has 28 heavy (non-hydrogen) atoms. The first-order chi connectivity index (χ1) is 13.5. The zero-order valence-corrected chi connectivity index (χ0v) is 16.4. The highest BCUT2D eigenvalue weighted by Gasteiger charge is 2.21. The second kappa shape index (κ2) is 9.13. The Morgan fingerprint density at radius 1 is 1.21 bits per heavy atom. The van der Waals surface area contributed by atoms with E-state index in [1.165, 1.54) is 44.3 Å². The van der Waals surface area contributed by atoms with Crippen LogP contribution in [0.3, 0.4) is 0 Å². The van der Waals surface area contributed by atoms with Gasteiger partial charge in [-0.3, -0.25) is 14.5 Å². The summed E-state index contributed by atoms with van der Waals surface area (Å²) in [6.45, 7) is 4.47. The van der Waals surface area contributed by atoms with Gasteiger partial charge in [-0.1, -0.05) is 0 Å². The van der Waals surface area contributed by atoms with Gasteiger partial charge in [-0.05, 0) is 61.8 Å². The van der Waals surface area contributed by atoms with E-state index in [0.717, 1.165) is 13.1 Å². The van der Waals surface area contributed by atoms with E-state index >= 15 is 0 Å². The fourth-order valence-electron chi connectivity index (χ4n) is 3.20. The minimum atomic E-state index is -3.68. The number of sulfonamides is 1. The van der Waals surface area contributed by atoms with Gasteiger partial charge in [-0.15, -0.1) is 0 Å². The molecule has 1 aromatic carbocycles. The Labute approximate surface area is 165 Å². The summed E-state index contributed by atoms with van der Waals surface area (Å²) in [6.07, 6.45) is 5.94. The van der Waals surface area contributed by atoms with E-state index in [1.807, 2.05) is 0 Å². The fraction of sp³-hybridized carbons (Fsp3) is 0.368. The van der Waals surface area contributed by atoms with Crippen LogP contribution in [0.4, 0.5) is 11.4 Å². The van der Waals surface area contributed by atoms with Crippen LogP contribution in [0.5, 0.6) is 0 Å². The third-order valence-corrected chi connectivity index (χ3v) is 5.95. The molecule has 8 nitrogen and oxygen atoms in total. The van der Waals surface area contributed by atoms with Gasteiger partial charge < -0.3 is 16.0 Å². The van der Waals surface area contributed by atoms with Crippen LogP contribution in [-0.2, 0) is 21.2 Å². The van der Waals surface area contributed by atoms with Gasteiger partial charge in [-0.2, -0.15) is 0 Å². The topological polar surface area (TPSA) is 117 Å². The average molecular weight is 404 g/mol. The van der Waals surface area contributed by atoms with Crippen molar-refractivity contribution in [2.45, 2.75) is 24.2 Å². The number of likely N-dealkylation sites (tertiary alicyclic amines) is 1. The third kappa shape index (κ3) is 5.28. The number of nitrogens with two attached hydrogens (primary N) is 1. The zero-order chi connectivity index (χ0) is 20.0. The van der Waals surface area contributed by atoms with Gasteiger partial charge in [0, 0.05) is 25.0 Å². The van der Waals surface area contributed by atoms with Crippen LogP contribution in [0.25, 0.3) is 0 Å². The molecule has 0 radical (unpaired) electrons. The number of carbonyl (C=O) groups is 1. The SMILES string of the molecule is NCCN1CCCC1.O=C1Cc2cc(S(=O)(=O)Nc3cccnc3)ccc2N1. The summed E-state index contributed by atoms with van der Waals surface area (Å²) in [5.74, 6) is -0.130. The summed E-state index contributed by atoms with van der Waals surface area (Å²) >= 11 is 0. The number of amides is 1. The highest BCUT2D eigenvalue weighted by atomic mass is 32.2. The molecule has 150 valence electrons. The van der Waals surface area contributed by atoms with Crippen LogP contribution in [0.1, 0.15) is 18.4 Å². The molecule has 0 saturated carbocycles. The summed E-state index contributed by atoms with van der Waals surface area (Å²) in [7, 11) is -3.68. The predicted octanol–water partition coefficient (Wildman–Crippen LogP) is 1.42. The summed E-state index contributed by atoms with van der Waals surface area (Å²) in [5, 5.41) is 2.66. The maximum atomic E-state index is 12.2. The number of rotatable bonds is 5. The summed E-state index contributed by atoms with van der Waals surface area (Å²) < 4.78 is 26.9. The molecule has 1 amide bonds. The molecule has 4 N–H and O–H groups in total. The van der Waals surface area contributed by atoms with Crippen LogP contribution in [0, 0.1) is 0 Å². The molecule has 1 aromatic heterocycles. The van der Waals surface area contributed by atoms with Crippen molar-refractivity contribution in [3.8, 4) is 0 Å². The van der Waals surface area contributed by atoms with Gasteiger partial charge in [0.05, 0.1) is 23.2 Å². The van der Waals surface area contributed by atoms with Crippen molar-refractivity contribution in [1.29, 1.82) is 0 Å². The lowest BCUT2D eigenvalue weighted by molar-refractivity contribution is -0.115. The van der Waals surface area contributed by atoms with E-state index in [2.05, 4.69) is 19.9 Å². The lowest BCUT2D eigenvalue weighted by Crippen LogP contribution is -2.26. The van der Waals surface area contributed by atoms with Crippen LogP contribution in [0.15, 0.2) is 47.6 Å². The minimum absolute atomic E-state index is 0.122. The number of hydrogen-bond donors (Lipinski definition) is 3. The number of carbonyl (C=O) groups excluding carboxylic acids is 1. The zero-order valence-electron chi connectivity index (χ0n) is 15.6. The largest absolute Gasteiger partial charge is 0.329 e. The van der Waals surface area contributed by atoms with Crippen LogP contribution >= 0.6 is 0 Å². The maximum Gasteiger partial charge on any atom is 0.261 e. The van der Waals surface area contributed by atoms with Crippen LogP contribution in [0.2, 0.25) is 0 Å². The molecule has 1 fully saturated rings. The summed E-state index contributed by atoms with van der Waals surface area (Å²) in [6, 6.07) is 7.82. The van der Waals surface area contributed by atoms with Crippen molar-refractivity contribution in [3.05, 3.63) is 48.3 Å². The minimum Gasteiger partial charge on any atom is -0.329 e. The molecule has 1 saturated heterocycles. The van der Waals surface area contributed by atoms with Crippen molar-refractivity contribution in [1.82, 2.24) is 9.88 Å². The Morgan fingerprint density at radius 2 is 2.00 bits per heavy atom. The monoisotopic (exact) mass is 403 g/mol. The fourth-order valence-corrected chi connectivity index (χ4v) is 4.29. The van der Waals surface area contributed by atoms with E-state index in [4.69, 9.17) is 5.73 Å². The molecule has 2 aromatic rings. The maximum absolute atomic E-state index is 12.2. The molecule has 4 rings (SSSR count). The molecule has 0 unspecified atom stereocenters. The molecular formula is C19H25N5O3S. The number of fused-ring (bicyclic) bond motifs is 1. The van der Waals surface area contributed by atoms with Crippen LogP contribution in [-0.4, -0.2) is 50.4 Å². The summed E-state index contributed by atoms with van der Waals surface area (Å²) in [5.41, 5.74) is 7.10. The van der Waals surface area contributed by atoms with Crippen molar-refractivity contribution in [2.24, 2.45) is 5.73 Å². The predicted molar refractivity (Wildman–Crippen MR) is 109 cm³/mol. The Balaban J connectivity index is 0.000000236. The average Bonchev–Trinajstić information content (AvgIpc) is 3.31. The number of hydrogen-bond acceptors (Lipinski definition) is 6. The number of benzene rings is 1.